The number of benzene rings is 3. The number of rotatable bonds is 10. The third kappa shape index (κ3) is 5.98. The molecule has 1 aromatic heterocycles. The lowest BCUT2D eigenvalue weighted by Crippen LogP contribution is -2.26. The molecule has 3 aromatic carbocycles. The highest BCUT2D eigenvalue weighted by molar-refractivity contribution is 5.94. The molecule has 0 aliphatic rings. The Hall–Kier alpha value is -3.67. The first-order chi connectivity index (χ1) is 16.1. The Morgan fingerprint density at radius 2 is 1.76 bits per heavy atom. The number of nitrogens with one attached hydrogen (secondary N) is 1. The second kappa shape index (κ2) is 10.8. The fraction of sp³-hybridized carbons (Fsp3) is 0.259. The molecule has 0 atom stereocenters. The summed E-state index contributed by atoms with van der Waals surface area (Å²) < 4.78 is 21.1. The van der Waals surface area contributed by atoms with Crippen LogP contribution in [0.25, 0.3) is 11.0 Å². The number of carbonyl (C=O) groups excluding carboxylic acids is 1. The van der Waals surface area contributed by atoms with Gasteiger partial charge < -0.3 is 14.6 Å². The smallest absolute Gasteiger partial charge is 0.251 e. The number of ether oxygens (including phenoxy) is 1. The molecular weight excluding hydrogens is 417 g/mol. The Kier molecular flexibility index (Phi) is 7.35. The predicted octanol–water partition coefficient (Wildman–Crippen LogP) is 5.32. The quantitative estimate of drug-likeness (QED) is 0.336. The van der Waals surface area contributed by atoms with Gasteiger partial charge in [-0.15, -0.1) is 0 Å². The highest BCUT2D eigenvalue weighted by atomic mass is 19.1. The molecule has 0 radical (unpaired) electrons. The molecule has 0 fully saturated rings. The molecule has 0 unspecified atom stereocenters. The van der Waals surface area contributed by atoms with E-state index in [0.717, 1.165) is 42.0 Å². The fourth-order valence-corrected chi connectivity index (χ4v) is 3.75. The number of imidazole rings is 1. The van der Waals surface area contributed by atoms with Gasteiger partial charge in [0, 0.05) is 25.1 Å². The van der Waals surface area contributed by atoms with Crippen LogP contribution in [-0.4, -0.2) is 28.6 Å². The van der Waals surface area contributed by atoms with Gasteiger partial charge in [0.25, 0.3) is 5.91 Å². The second-order valence-electron chi connectivity index (χ2n) is 8.05. The van der Waals surface area contributed by atoms with Crippen LogP contribution in [-0.2, 0) is 13.0 Å². The van der Waals surface area contributed by atoms with E-state index >= 15 is 0 Å². The van der Waals surface area contributed by atoms with E-state index in [4.69, 9.17) is 9.72 Å². The van der Waals surface area contributed by atoms with E-state index in [2.05, 4.69) is 22.9 Å². The van der Waals surface area contributed by atoms with Crippen molar-refractivity contribution in [2.45, 2.75) is 32.7 Å². The standard InChI is InChI=1S/C27H28FN3O2/c1-20-8-14-23(15-9-20)33-19-5-4-18-31-25-7-3-2-6-24(25)30-26(31)16-17-29-27(32)21-10-12-22(28)13-11-21/h2-3,6-15H,4-5,16-19H2,1H3,(H,29,32). The van der Waals surface area contributed by atoms with Gasteiger partial charge in [0.15, 0.2) is 0 Å². The van der Waals surface area contributed by atoms with E-state index in [1.165, 1.54) is 29.8 Å². The number of fused-ring (bicyclic) bond motifs is 1. The summed E-state index contributed by atoms with van der Waals surface area (Å²) in [4.78, 5) is 17.1. The highest BCUT2D eigenvalue weighted by Crippen LogP contribution is 2.18. The van der Waals surface area contributed by atoms with Gasteiger partial charge in [-0.1, -0.05) is 29.8 Å². The molecular formula is C27H28FN3O2. The summed E-state index contributed by atoms with van der Waals surface area (Å²) in [7, 11) is 0. The van der Waals surface area contributed by atoms with Gasteiger partial charge in [-0.25, -0.2) is 9.37 Å². The second-order valence-corrected chi connectivity index (χ2v) is 8.05. The zero-order valence-corrected chi connectivity index (χ0v) is 18.8. The Morgan fingerprint density at radius 3 is 2.55 bits per heavy atom. The summed E-state index contributed by atoms with van der Waals surface area (Å²) >= 11 is 0. The maximum Gasteiger partial charge on any atom is 0.251 e. The predicted molar refractivity (Wildman–Crippen MR) is 128 cm³/mol. The van der Waals surface area contributed by atoms with Crippen LogP contribution in [0, 0.1) is 12.7 Å². The fourth-order valence-electron chi connectivity index (χ4n) is 3.75. The molecule has 5 nitrogen and oxygen atoms in total. The van der Waals surface area contributed by atoms with E-state index in [1.54, 1.807) is 0 Å². The van der Waals surface area contributed by atoms with Crippen LogP contribution in [0.1, 0.15) is 34.6 Å². The third-order valence-corrected chi connectivity index (χ3v) is 5.54. The Labute approximate surface area is 193 Å². The van der Waals surface area contributed by atoms with Crippen LogP contribution < -0.4 is 10.1 Å². The number of amides is 1. The van der Waals surface area contributed by atoms with Gasteiger partial charge in [-0.3, -0.25) is 4.79 Å². The number of aryl methyl sites for hydroxylation is 2. The average molecular weight is 446 g/mol. The highest BCUT2D eigenvalue weighted by Gasteiger charge is 2.11. The lowest BCUT2D eigenvalue weighted by Gasteiger charge is -2.11. The third-order valence-electron chi connectivity index (χ3n) is 5.54. The normalized spacial score (nSPS) is 11.0. The van der Waals surface area contributed by atoms with Crippen molar-refractivity contribution in [2.75, 3.05) is 13.2 Å². The average Bonchev–Trinajstić information content (AvgIpc) is 3.18. The summed E-state index contributed by atoms with van der Waals surface area (Å²) in [5, 5.41) is 2.90. The molecule has 1 N–H and O–H groups in total. The van der Waals surface area contributed by atoms with E-state index in [1.807, 2.05) is 42.5 Å². The zero-order valence-electron chi connectivity index (χ0n) is 18.8. The van der Waals surface area contributed by atoms with Crippen molar-refractivity contribution >= 4 is 16.9 Å². The summed E-state index contributed by atoms with van der Waals surface area (Å²) in [6.45, 7) is 4.01. The van der Waals surface area contributed by atoms with Crippen molar-refractivity contribution in [2.24, 2.45) is 0 Å². The van der Waals surface area contributed by atoms with Crippen molar-refractivity contribution < 1.29 is 13.9 Å². The minimum absolute atomic E-state index is 0.217. The van der Waals surface area contributed by atoms with Crippen molar-refractivity contribution in [3.8, 4) is 5.75 Å². The van der Waals surface area contributed by atoms with Crippen LogP contribution in [0.15, 0.2) is 72.8 Å². The molecule has 0 aliphatic heterocycles. The van der Waals surface area contributed by atoms with E-state index < -0.39 is 0 Å². The van der Waals surface area contributed by atoms with Gasteiger partial charge in [0.05, 0.1) is 17.6 Å². The SMILES string of the molecule is Cc1ccc(OCCCCn2c(CCNC(=O)c3ccc(F)cc3)nc3ccccc32)cc1. The van der Waals surface area contributed by atoms with Crippen molar-refractivity contribution in [3.63, 3.8) is 0 Å². The summed E-state index contributed by atoms with van der Waals surface area (Å²) in [5.74, 6) is 1.26. The molecule has 1 heterocycles. The molecule has 1 amide bonds. The number of unbranched alkanes of at least 4 members (excludes halogenated alkanes) is 1. The number of hydrogen-bond donors (Lipinski definition) is 1. The molecule has 0 aliphatic carbocycles. The van der Waals surface area contributed by atoms with Gasteiger partial charge in [0.2, 0.25) is 0 Å². The molecule has 4 rings (SSSR count). The topological polar surface area (TPSA) is 56.1 Å². The van der Waals surface area contributed by atoms with Crippen LogP contribution in [0.4, 0.5) is 4.39 Å². The van der Waals surface area contributed by atoms with Gasteiger partial charge in [-0.05, 0) is 68.3 Å². The first-order valence-corrected chi connectivity index (χ1v) is 11.3. The minimum Gasteiger partial charge on any atom is -0.494 e. The van der Waals surface area contributed by atoms with E-state index in [9.17, 15) is 9.18 Å². The van der Waals surface area contributed by atoms with Crippen LogP contribution >= 0.6 is 0 Å². The number of carbonyl (C=O) groups is 1. The van der Waals surface area contributed by atoms with Gasteiger partial charge >= 0.3 is 0 Å². The molecule has 0 spiro atoms. The van der Waals surface area contributed by atoms with Crippen LogP contribution in [0.3, 0.4) is 0 Å². The lowest BCUT2D eigenvalue weighted by molar-refractivity contribution is 0.0954. The van der Waals surface area contributed by atoms with Crippen molar-refractivity contribution in [1.82, 2.24) is 14.9 Å². The zero-order chi connectivity index (χ0) is 23.0. The van der Waals surface area contributed by atoms with Crippen LogP contribution in [0.5, 0.6) is 5.75 Å². The van der Waals surface area contributed by atoms with E-state index in [0.29, 0.717) is 25.1 Å². The largest absolute Gasteiger partial charge is 0.494 e. The summed E-state index contributed by atoms with van der Waals surface area (Å²) in [6, 6.07) is 21.7. The molecule has 0 bridgehead atoms. The van der Waals surface area contributed by atoms with Gasteiger partial charge in [-0.2, -0.15) is 0 Å². The Bertz CT molecular complexity index is 1200. The lowest BCUT2D eigenvalue weighted by atomic mass is 10.2. The molecule has 6 heteroatoms. The maximum atomic E-state index is 13.1. The Balaban J connectivity index is 1.32. The van der Waals surface area contributed by atoms with E-state index in [-0.39, 0.29) is 11.7 Å². The number of hydrogen-bond acceptors (Lipinski definition) is 3. The monoisotopic (exact) mass is 445 g/mol. The first kappa shape index (κ1) is 22.5. The van der Waals surface area contributed by atoms with Crippen molar-refractivity contribution in [3.05, 3.63) is 95.6 Å². The summed E-state index contributed by atoms with van der Waals surface area (Å²) in [5.41, 5.74) is 3.71. The molecule has 0 saturated carbocycles. The maximum absolute atomic E-state index is 13.1. The van der Waals surface area contributed by atoms with Crippen molar-refractivity contribution in [1.29, 1.82) is 0 Å². The number of para-hydroxylation sites is 2. The molecule has 33 heavy (non-hydrogen) atoms. The molecule has 4 aromatic rings. The first-order valence-electron chi connectivity index (χ1n) is 11.3. The Morgan fingerprint density at radius 1 is 1.00 bits per heavy atom. The van der Waals surface area contributed by atoms with Crippen LogP contribution in [0.2, 0.25) is 0 Å². The number of halogens is 1. The minimum atomic E-state index is -0.357. The van der Waals surface area contributed by atoms with Gasteiger partial charge in [0.1, 0.15) is 17.4 Å². The molecule has 170 valence electrons. The number of nitrogens with zero attached hydrogens (tertiary/aromatic N) is 2. The number of aromatic nitrogens is 2. The summed E-state index contributed by atoms with van der Waals surface area (Å²) in [6.07, 6.45) is 2.50. The molecule has 0 saturated heterocycles.